The number of aromatic amines is 1. The van der Waals surface area contributed by atoms with E-state index in [-0.39, 0.29) is 6.61 Å². The highest BCUT2D eigenvalue weighted by atomic mass is 35.5. The number of para-hydroxylation sites is 1. The standard InChI is InChI=1S/C17H13Cl2N3O2/c18-12-5-6-16(14(19)8-12)24-10-17(23)22-20-9-13-7-11-3-1-2-4-15(11)21-13/h1-9,21H,10H2,(H,22,23). The van der Waals surface area contributed by atoms with Crippen LogP contribution in [0, 0.1) is 0 Å². The highest BCUT2D eigenvalue weighted by Crippen LogP contribution is 2.27. The first-order valence-corrected chi connectivity index (χ1v) is 7.85. The average molecular weight is 362 g/mol. The van der Waals surface area contributed by atoms with E-state index in [1.165, 1.54) is 6.21 Å². The van der Waals surface area contributed by atoms with Crippen LogP contribution < -0.4 is 10.2 Å². The molecule has 0 spiro atoms. The van der Waals surface area contributed by atoms with Crippen molar-refractivity contribution < 1.29 is 9.53 Å². The fraction of sp³-hybridized carbons (Fsp3) is 0.0588. The van der Waals surface area contributed by atoms with Crippen LogP contribution in [0.15, 0.2) is 53.6 Å². The van der Waals surface area contributed by atoms with E-state index < -0.39 is 5.91 Å². The summed E-state index contributed by atoms with van der Waals surface area (Å²) in [4.78, 5) is 14.9. The summed E-state index contributed by atoms with van der Waals surface area (Å²) in [6.07, 6.45) is 1.53. The largest absolute Gasteiger partial charge is 0.482 e. The number of amides is 1. The lowest BCUT2D eigenvalue weighted by molar-refractivity contribution is -0.123. The lowest BCUT2D eigenvalue weighted by Gasteiger charge is -2.06. The Kier molecular flexibility index (Phi) is 5.03. The fourth-order valence-corrected chi connectivity index (χ4v) is 2.57. The number of H-pyrrole nitrogens is 1. The number of benzene rings is 2. The second kappa shape index (κ2) is 7.38. The van der Waals surface area contributed by atoms with Crippen LogP contribution in [0.25, 0.3) is 10.9 Å². The number of hydrogen-bond donors (Lipinski definition) is 2. The van der Waals surface area contributed by atoms with Crippen LogP contribution in [0.3, 0.4) is 0 Å². The minimum Gasteiger partial charge on any atom is -0.482 e. The molecule has 24 heavy (non-hydrogen) atoms. The van der Waals surface area contributed by atoms with Gasteiger partial charge in [-0.25, -0.2) is 5.43 Å². The van der Waals surface area contributed by atoms with E-state index in [4.69, 9.17) is 27.9 Å². The topological polar surface area (TPSA) is 66.5 Å². The van der Waals surface area contributed by atoms with E-state index in [1.807, 2.05) is 30.3 Å². The van der Waals surface area contributed by atoms with Gasteiger partial charge in [0, 0.05) is 15.9 Å². The second-order valence-corrected chi connectivity index (χ2v) is 5.81. The Morgan fingerprint density at radius 3 is 2.83 bits per heavy atom. The summed E-state index contributed by atoms with van der Waals surface area (Å²) >= 11 is 11.8. The van der Waals surface area contributed by atoms with Gasteiger partial charge in [0.2, 0.25) is 0 Å². The lowest BCUT2D eigenvalue weighted by atomic mass is 10.2. The van der Waals surface area contributed by atoms with Gasteiger partial charge in [0.05, 0.1) is 16.9 Å². The van der Waals surface area contributed by atoms with E-state index in [2.05, 4.69) is 15.5 Å². The van der Waals surface area contributed by atoms with Crippen LogP contribution >= 0.6 is 23.2 Å². The number of nitrogens with zero attached hydrogens (tertiary/aromatic N) is 1. The zero-order chi connectivity index (χ0) is 16.9. The van der Waals surface area contributed by atoms with Gasteiger partial charge in [-0.05, 0) is 30.3 Å². The highest BCUT2D eigenvalue weighted by molar-refractivity contribution is 6.35. The highest BCUT2D eigenvalue weighted by Gasteiger charge is 2.06. The molecule has 0 saturated carbocycles. The van der Waals surface area contributed by atoms with Gasteiger partial charge in [-0.1, -0.05) is 41.4 Å². The van der Waals surface area contributed by atoms with Gasteiger partial charge < -0.3 is 9.72 Å². The van der Waals surface area contributed by atoms with Crippen molar-refractivity contribution in [2.45, 2.75) is 0 Å². The first-order valence-electron chi connectivity index (χ1n) is 7.09. The summed E-state index contributed by atoms with van der Waals surface area (Å²) in [5.41, 5.74) is 4.19. The average Bonchev–Trinajstić information content (AvgIpc) is 2.96. The number of carbonyl (C=O) groups is 1. The van der Waals surface area contributed by atoms with Crippen LogP contribution in [0.5, 0.6) is 5.75 Å². The van der Waals surface area contributed by atoms with E-state index in [0.717, 1.165) is 16.6 Å². The summed E-state index contributed by atoms with van der Waals surface area (Å²) in [5, 5.41) is 5.81. The maximum atomic E-state index is 11.7. The molecule has 7 heteroatoms. The van der Waals surface area contributed by atoms with Crippen molar-refractivity contribution in [1.82, 2.24) is 10.4 Å². The molecule has 0 fully saturated rings. The molecule has 2 aromatic carbocycles. The third-order valence-corrected chi connectivity index (χ3v) is 3.73. The van der Waals surface area contributed by atoms with Gasteiger partial charge in [-0.3, -0.25) is 4.79 Å². The number of ether oxygens (including phenoxy) is 1. The van der Waals surface area contributed by atoms with Crippen molar-refractivity contribution in [3.8, 4) is 5.75 Å². The molecule has 0 saturated heterocycles. The van der Waals surface area contributed by atoms with Gasteiger partial charge in [0.25, 0.3) is 5.91 Å². The van der Waals surface area contributed by atoms with Crippen molar-refractivity contribution >= 4 is 46.2 Å². The van der Waals surface area contributed by atoms with E-state index in [0.29, 0.717) is 15.8 Å². The molecule has 0 atom stereocenters. The van der Waals surface area contributed by atoms with Crippen LogP contribution in [0.4, 0.5) is 0 Å². The number of nitrogens with one attached hydrogen (secondary N) is 2. The van der Waals surface area contributed by atoms with Crippen molar-refractivity contribution in [2.24, 2.45) is 5.10 Å². The van der Waals surface area contributed by atoms with Crippen LogP contribution in [-0.2, 0) is 4.79 Å². The van der Waals surface area contributed by atoms with Gasteiger partial charge in [0.15, 0.2) is 6.61 Å². The predicted molar refractivity (Wildman–Crippen MR) is 96.0 cm³/mol. The van der Waals surface area contributed by atoms with Gasteiger partial charge in [-0.15, -0.1) is 0 Å². The molecular formula is C17H13Cl2N3O2. The van der Waals surface area contributed by atoms with E-state index in [9.17, 15) is 4.79 Å². The predicted octanol–water partition coefficient (Wildman–Crippen LogP) is 4.00. The number of aromatic nitrogens is 1. The summed E-state index contributed by atoms with van der Waals surface area (Å²) < 4.78 is 5.32. The lowest BCUT2D eigenvalue weighted by Crippen LogP contribution is -2.24. The molecule has 122 valence electrons. The molecular weight excluding hydrogens is 349 g/mol. The molecule has 1 aromatic heterocycles. The number of halogens is 2. The molecule has 1 amide bonds. The Balaban J connectivity index is 1.53. The quantitative estimate of drug-likeness (QED) is 0.532. The summed E-state index contributed by atoms with van der Waals surface area (Å²) in [6, 6.07) is 14.6. The van der Waals surface area contributed by atoms with Gasteiger partial charge in [0.1, 0.15) is 5.75 Å². The zero-order valence-electron chi connectivity index (χ0n) is 12.4. The molecule has 1 heterocycles. The Hall–Kier alpha value is -2.50. The van der Waals surface area contributed by atoms with Crippen molar-refractivity contribution in [2.75, 3.05) is 6.61 Å². The SMILES string of the molecule is O=C(COc1ccc(Cl)cc1Cl)NN=Cc1cc2ccccc2[nH]1. The molecule has 0 bridgehead atoms. The molecule has 0 unspecified atom stereocenters. The number of fused-ring (bicyclic) bond motifs is 1. The molecule has 0 radical (unpaired) electrons. The van der Waals surface area contributed by atoms with Gasteiger partial charge >= 0.3 is 0 Å². The molecule has 0 aliphatic carbocycles. The first kappa shape index (κ1) is 16.4. The third kappa shape index (κ3) is 4.07. The van der Waals surface area contributed by atoms with Crippen molar-refractivity contribution in [3.63, 3.8) is 0 Å². The third-order valence-electron chi connectivity index (χ3n) is 3.20. The first-order chi connectivity index (χ1) is 11.6. The molecule has 0 aliphatic rings. The number of hydrogen-bond acceptors (Lipinski definition) is 3. The van der Waals surface area contributed by atoms with Crippen LogP contribution in [0.1, 0.15) is 5.69 Å². The maximum absolute atomic E-state index is 11.7. The van der Waals surface area contributed by atoms with Gasteiger partial charge in [-0.2, -0.15) is 5.10 Å². The monoisotopic (exact) mass is 361 g/mol. The molecule has 5 nitrogen and oxygen atoms in total. The molecule has 0 aliphatic heterocycles. The second-order valence-electron chi connectivity index (χ2n) is 4.97. The Morgan fingerprint density at radius 1 is 1.21 bits per heavy atom. The Labute approximate surface area is 148 Å². The normalized spacial score (nSPS) is 11.1. The van der Waals surface area contributed by atoms with Crippen molar-refractivity contribution in [1.29, 1.82) is 0 Å². The number of hydrazone groups is 1. The maximum Gasteiger partial charge on any atom is 0.277 e. The van der Waals surface area contributed by atoms with Crippen LogP contribution in [0.2, 0.25) is 10.0 Å². The summed E-state index contributed by atoms with van der Waals surface area (Å²) in [6.45, 7) is -0.203. The minimum absolute atomic E-state index is 0.203. The zero-order valence-corrected chi connectivity index (χ0v) is 13.9. The van der Waals surface area contributed by atoms with Crippen LogP contribution in [-0.4, -0.2) is 23.7 Å². The Bertz CT molecular complexity index is 873. The summed E-state index contributed by atoms with van der Waals surface area (Å²) in [7, 11) is 0. The molecule has 2 N–H and O–H groups in total. The number of rotatable bonds is 5. The molecule has 3 aromatic rings. The fourth-order valence-electron chi connectivity index (χ4n) is 2.11. The van der Waals surface area contributed by atoms with E-state index >= 15 is 0 Å². The van der Waals surface area contributed by atoms with E-state index in [1.54, 1.807) is 18.2 Å². The smallest absolute Gasteiger partial charge is 0.277 e. The van der Waals surface area contributed by atoms with Crippen molar-refractivity contribution in [3.05, 3.63) is 64.3 Å². The minimum atomic E-state index is -0.395. The summed E-state index contributed by atoms with van der Waals surface area (Å²) in [5.74, 6) is -0.0100. The Morgan fingerprint density at radius 2 is 2.04 bits per heavy atom. The number of carbonyl (C=O) groups excluding carboxylic acids is 1. The molecule has 3 rings (SSSR count).